The Morgan fingerprint density at radius 1 is 1.50 bits per heavy atom. The van der Waals surface area contributed by atoms with Crippen molar-refractivity contribution in [1.29, 1.82) is 0 Å². The topological polar surface area (TPSA) is 116 Å². The monoisotopic (exact) mass is 285 g/mol. The number of piperazine rings is 1. The van der Waals surface area contributed by atoms with E-state index in [1.807, 2.05) is 0 Å². The molecular formula is C12H19N3O5. The van der Waals surface area contributed by atoms with Crippen LogP contribution in [0, 0.1) is 0 Å². The van der Waals surface area contributed by atoms with Crippen LogP contribution in [0.3, 0.4) is 0 Å². The van der Waals surface area contributed by atoms with Crippen LogP contribution in [0.5, 0.6) is 0 Å². The van der Waals surface area contributed by atoms with Crippen LogP contribution in [-0.4, -0.2) is 51.9 Å². The number of carboxylic acid groups (broad SMARTS) is 1. The minimum atomic E-state index is -1.43. The fourth-order valence-corrected chi connectivity index (χ4v) is 1.99. The molecule has 0 aliphatic carbocycles. The quantitative estimate of drug-likeness (QED) is 0.612. The second-order valence-corrected chi connectivity index (χ2v) is 5.03. The van der Waals surface area contributed by atoms with E-state index in [4.69, 9.17) is 0 Å². The first-order chi connectivity index (χ1) is 9.21. The van der Waals surface area contributed by atoms with Gasteiger partial charge in [0, 0.05) is 0 Å². The summed E-state index contributed by atoms with van der Waals surface area (Å²) < 4.78 is 0. The minimum absolute atomic E-state index is 0.246. The van der Waals surface area contributed by atoms with Gasteiger partial charge in [0.15, 0.2) is 0 Å². The number of hydrogen-bond donors (Lipinski definition) is 3. The van der Waals surface area contributed by atoms with Crippen molar-refractivity contribution in [1.82, 2.24) is 15.5 Å². The molecule has 0 radical (unpaired) electrons. The predicted molar refractivity (Wildman–Crippen MR) is 68.8 cm³/mol. The number of hydrogen-bond acceptors (Lipinski definition) is 4. The van der Waals surface area contributed by atoms with E-state index in [-0.39, 0.29) is 13.0 Å². The van der Waals surface area contributed by atoms with Gasteiger partial charge in [0.05, 0.1) is 0 Å². The van der Waals surface area contributed by atoms with E-state index in [1.54, 1.807) is 6.92 Å². The van der Waals surface area contributed by atoms with Crippen LogP contribution in [0.15, 0.2) is 0 Å². The molecule has 1 heterocycles. The molecule has 0 bridgehead atoms. The van der Waals surface area contributed by atoms with Gasteiger partial charge in [-0.15, -0.1) is 0 Å². The van der Waals surface area contributed by atoms with Crippen molar-refractivity contribution >= 4 is 23.8 Å². The maximum absolute atomic E-state index is 12.1. The summed E-state index contributed by atoms with van der Waals surface area (Å²) in [6.07, 6.45) is 0.814. The smallest absolute Gasteiger partial charge is 0.329 e. The molecule has 4 amide bonds. The van der Waals surface area contributed by atoms with Crippen LogP contribution >= 0.6 is 0 Å². The first-order valence-electron chi connectivity index (χ1n) is 6.37. The second kappa shape index (κ2) is 5.89. The van der Waals surface area contributed by atoms with Crippen molar-refractivity contribution in [2.75, 3.05) is 6.54 Å². The van der Waals surface area contributed by atoms with Gasteiger partial charge in [-0.05, 0) is 20.3 Å². The van der Waals surface area contributed by atoms with Crippen LogP contribution in [0.2, 0.25) is 0 Å². The third-order valence-electron chi connectivity index (χ3n) is 3.29. The molecule has 1 saturated heterocycles. The number of nitrogens with one attached hydrogen (secondary N) is 2. The highest BCUT2D eigenvalue weighted by Crippen LogP contribution is 2.14. The molecule has 0 aromatic rings. The Morgan fingerprint density at radius 2 is 2.10 bits per heavy atom. The van der Waals surface area contributed by atoms with Gasteiger partial charge >= 0.3 is 12.0 Å². The summed E-state index contributed by atoms with van der Waals surface area (Å²) in [6.45, 7) is 4.39. The van der Waals surface area contributed by atoms with E-state index in [2.05, 4.69) is 10.6 Å². The molecule has 1 rings (SSSR count). The zero-order chi connectivity index (χ0) is 15.5. The van der Waals surface area contributed by atoms with E-state index in [9.17, 15) is 24.3 Å². The molecule has 8 heteroatoms. The lowest BCUT2D eigenvalue weighted by Crippen LogP contribution is -2.64. The largest absolute Gasteiger partial charge is 0.480 e. The zero-order valence-electron chi connectivity index (χ0n) is 11.7. The molecule has 112 valence electrons. The fraction of sp³-hybridized carbons (Fsp3) is 0.667. The Hall–Kier alpha value is -2.12. The highest BCUT2D eigenvalue weighted by atomic mass is 16.4. The average molecular weight is 285 g/mol. The second-order valence-electron chi connectivity index (χ2n) is 5.03. The van der Waals surface area contributed by atoms with Gasteiger partial charge in [-0.25, -0.2) is 9.59 Å². The number of imide groups is 1. The summed E-state index contributed by atoms with van der Waals surface area (Å²) >= 11 is 0. The van der Waals surface area contributed by atoms with E-state index >= 15 is 0 Å². The lowest BCUT2D eigenvalue weighted by molar-refractivity contribution is -0.144. The Balaban J connectivity index is 2.85. The number of amides is 4. The highest BCUT2D eigenvalue weighted by Gasteiger charge is 2.39. The number of carboxylic acids is 1. The zero-order valence-corrected chi connectivity index (χ0v) is 11.7. The number of urea groups is 1. The van der Waals surface area contributed by atoms with Crippen molar-refractivity contribution in [2.45, 2.75) is 45.2 Å². The Morgan fingerprint density at radius 3 is 2.60 bits per heavy atom. The van der Waals surface area contributed by atoms with Gasteiger partial charge in [-0.3, -0.25) is 14.9 Å². The minimum Gasteiger partial charge on any atom is -0.480 e. The van der Waals surface area contributed by atoms with Crippen molar-refractivity contribution in [3.63, 3.8) is 0 Å². The van der Waals surface area contributed by atoms with Gasteiger partial charge in [0.1, 0.15) is 18.1 Å². The van der Waals surface area contributed by atoms with Crippen LogP contribution in [0.4, 0.5) is 4.79 Å². The van der Waals surface area contributed by atoms with Crippen LogP contribution in [0.25, 0.3) is 0 Å². The van der Waals surface area contributed by atoms with Crippen molar-refractivity contribution < 1.29 is 24.3 Å². The van der Waals surface area contributed by atoms with Crippen molar-refractivity contribution in [3.05, 3.63) is 0 Å². The molecule has 0 aromatic heterocycles. The molecule has 0 spiro atoms. The van der Waals surface area contributed by atoms with Crippen LogP contribution in [-0.2, 0) is 14.4 Å². The van der Waals surface area contributed by atoms with E-state index in [0.29, 0.717) is 6.42 Å². The average Bonchev–Trinajstić information content (AvgIpc) is 2.33. The predicted octanol–water partition coefficient (Wildman–Crippen LogP) is -0.314. The molecule has 20 heavy (non-hydrogen) atoms. The van der Waals surface area contributed by atoms with Gasteiger partial charge in [0.2, 0.25) is 11.8 Å². The normalized spacial score (nSPS) is 21.9. The number of rotatable bonds is 4. The first-order valence-corrected chi connectivity index (χ1v) is 6.37. The van der Waals surface area contributed by atoms with Gasteiger partial charge in [-0.1, -0.05) is 13.3 Å². The van der Waals surface area contributed by atoms with E-state index in [0.717, 1.165) is 4.90 Å². The van der Waals surface area contributed by atoms with Crippen molar-refractivity contribution in [2.24, 2.45) is 0 Å². The molecule has 0 aromatic carbocycles. The molecule has 1 fully saturated rings. The maximum atomic E-state index is 12.1. The molecule has 2 atom stereocenters. The number of carbonyl (C=O) groups excluding carboxylic acids is 3. The number of carbonyl (C=O) groups is 4. The molecule has 8 nitrogen and oxygen atoms in total. The third kappa shape index (κ3) is 3.25. The standard InChI is InChI=1S/C12H19N3O5/c1-4-5-12(3,10(18)19)14-11(20)15-6-8(16)13-9(17)7(15)2/h7H,4-6H2,1-3H3,(H,14,20)(H,18,19)(H,13,16,17). The summed E-state index contributed by atoms with van der Waals surface area (Å²) in [5.74, 6) is -2.33. The van der Waals surface area contributed by atoms with Gasteiger partial charge in [0.25, 0.3) is 0 Å². The summed E-state index contributed by atoms with van der Waals surface area (Å²) in [4.78, 5) is 47.2. The third-order valence-corrected chi connectivity index (χ3v) is 3.29. The summed E-state index contributed by atoms with van der Waals surface area (Å²) in [6, 6.07) is -1.56. The SMILES string of the molecule is CCCC(C)(NC(=O)N1CC(=O)NC(=O)C1C)C(=O)O. The summed E-state index contributed by atoms with van der Waals surface area (Å²) in [7, 11) is 0. The molecule has 0 saturated carbocycles. The maximum Gasteiger partial charge on any atom is 0.329 e. The van der Waals surface area contributed by atoms with Crippen LogP contribution < -0.4 is 10.6 Å². The number of nitrogens with zero attached hydrogens (tertiary/aromatic N) is 1. The summed E-state index contributed by atoms with van der Waals surface area (Å²) in [5, 5.41) is 13.7. The van der Waals surface area contributed by atoms with Crippen LogP contribution in [0.1, 0.15) is 33.6 Å². The van der Waals surface area contributed by atoms with Crippen molar-refractivity contribution in [3.8, 4) is 0 Å². The van der Waals surface area contributed by atoms with Gasteiger partial charge in [-0.2, -0.15) is 0 Å². The van der Waals surface area contributed by atoms with E-state index < -0.39 is 35.4 Å². The molecule has 3 N–H and O–H groups in total. The van der Waals surface area contributed by atoms with Gasteiger partial charge < -0.3 is 15.3 Å². The Bertz CT molecular complexity index is 450. The van der Waals surface area contributed by atoms with E-state index in [1.165, 1.54) is 13.8 Å². The molecule has 1 aliphatic heterocycles. The Labute approximate surface area is 116 Å². The Kier molecular flexibility index (Phi) is 4.69. The lowest BCUT2D eigenvalue weighted by Gasteiger charge is -2.35. The first kappa shape index (κ1) is 15.9. The molecule has 1 aliphatic rings. The fourth-order valence-electron chi connectivity index (χ4n) is 1.99. The lowest BCUT2D eigenvalue weighted by atomic mass is 9.96. The summed E-state index contributed by atoms with van der Waals surface area (Å²) in [5.41, 5.74) is -1.43. The molecule has 2 unspecified atom stereocenters. The highest BCUT2D eigenvalue weighted by molar-refractivity contribution is 6.04. The molecular weight excluding hydrogens is 266 g/mol. The number of aliphatic carboxylic acids is 1.